The second kappa shape index (κ2) is 9.17. The summed E-state index contributed by atoms with van der Waals surface area (Å²) in [5, 5.41) is 20.6. The van der Waals surface area contributed by atoms with E-state index in [2.05, 4.69) is 45.2 Å². The predicted octanol–water partition coefficient (Wildman–Crippen LogP) is 5.60. The molecular formula is C31H31N5O. The van der Waals surface area contributed by atoms with Gasteiger partial charge >= 0.3 is 0 Å². The second-order valence-electron chi connectivity index (χ2n) is 10.7. The first-order valence-electron chi connectivity index (χ1n) is 13.0. The van der Waals surface area contributed by atoms with Gasteiger partial charge in [-0.3, -0.25) is 4.98 Å². The van der Waals surface area contributed by atoms with Crippen molar-refractivity contribution >= 4 is 22.4 Å². The SMILES string of the molecule is CC(C)(O)c1ccc(N2CCN(c3cnc4c(-c5ccc(C#N)cc5)cccc4c3C3CC3)CC2)nc1. The highest BCUT2D eigenvalue weighted by Crippen LogP contribution is 2.48. The van der Waals surface area contributed by atoms with Crippen LogP contribution in [0.2, 0.25) is 0 Å². The highest BCUT2D eigenvalue weighted by Gasteiger charge is 2.31. The van der Waals surface area contributed by atoms with E-state index in [1.165, 1.54) is 29.5 Å². The Morgan fingerprint density at radius 3 is 2.24 bits per heavy atom. The van der Waals surface area contributed by atoms with Crippen LogP contribution in [-0.4, -0.2) is 41.3 Å². The van der Waals surface area contributed by atoms with Gasteiger partial charge in [0.25, 0.3) is 0 Å². The minimum Gasteiger partial charge on any atom is -0.386 e. The Bertz CT molecular complexity index is 1470. The summed E-state index contributed by atoms with van der Waals surface area (Å²) in [5.41, 5.74) is 6.54. The molecule has 1 saturated carbocycles. The molecule has 186 valence electrons. The minimum atomic E-state index is -0.882. The molecule has 2 aliphatic rings. The number of aromatic nitrogens is 2. The van der Waals surface area contributed by atoms with Crippen molar-refractivity contribution in [2.75, 3.05) is 36.0 Å². The topological polar surface area (TPSA) is 76.3 Å². The van der Waals surface area contributed by atoms with Gasteiger partial charge in [-0.25, -0.2) is 4.98 Å². The van der Waals surface area contributed by atoms with Gasteiger partial charge in [-0.2, -0.15) is 5.26 Å². The molecule has 1 aliphatic heterocycles. The minimum absolute atomic E-state index is 0.589. The maximum Gasteiger partial charge on any atom is 0.128 e. The third-order valence-corrected chi connectivity index (χ3v) is 7.63. The van der Waals surface area contributed by atoms with Crippen molar-refractivity contribution in [3.8, 4) is 17.2 Å². The van der Waals surface area contributed by atoms with Crippen LogP contribution < -0.4 is 9.80 Å². The molecule has 37 heavy (non-hydrogen) atoms. The smallest absolute Gasteiger partial charge is 0.128 e. The number of hydrogen-bond donors (Lipinski definition) is 1. The molecule has 2 aromatic carbocycles. The number of nitriles is 1. The number of nitrogens with zero attached hydrogens (tertiary/aromatic N) is 5. The fourth-order valence-electron chi connectivity index (χ4n) is 5.35. The first-order valence-corrected chi connectivity index (χ1v) is 13.0. The molecule has 4 aromatic rings. The van der Waals surface area contributed by atoms with E-state index in [1.54, 1.807) is 20.0 Å². The van der Waals surface area contributed by atoms with E-state index < -0.39 is 5.60 Å². The summed E-state index contributed by atoms with van der Waals surface area (Å²) in [4.78, 5) is 14.4. The number of aliphatic hydroxyl groups is 1. The van der Waals surface area contributed by atoms with E-state index in [9.17, 15) is 5.11 Å². The van der Waals surface area contributed by atoms with Gasteiger partial charge in [-0.15, -0.1) is 0 Å². The van der Waals surface area contributed by atoms with Gasteiger partial charge in [-0.05, 0) is 61.9 Å². The van der Waals surface area contributed by atoms with Crippen molar-refractivity contribution < 1.29 is 5.11 Å². The lowest BCUT2D eigenvalue weighted by atomic mass is 9.96. The molecule has 1 aliphatic carbocycles. The molecule has 1 saturated heterocycles. The molecule has 0 bridgehead atoms. The Kier molecular flexibility index (Phi) is 5.81. The second-order valence-corrected chi connectivity index (χ2v) is 10.7. The number of anilines is 2. The quantitative estimate of drug-likeness (QED) is 0.393. The normalized spacial score (nSPS) is 16.2. The van der Waals surface area contributed by atoms with E-state index in [-0.39, 0.29) is 0 Å². The number of pyridine rings is 2. The highest BCUT2D eigenvalue weighted by molar-refractivity contribution is 5.98. The van der Waals surface area contributed by atoms with E-state index in [1.807, 2.05) is 36.4 Å². The highest BCUT2D eigenvalue weighted by atomic mass is 16.3. The lowest BCUT2D eigenvalue weighted by Gasteiger charge is -2.37. The zero-order valence-corrected chi connectivity index (χ0v) is 21.4. The Hall–Kier alpha value is -3.95. The molecule has 0 amide bonds. The van der Waals surface area contributed by atoms with Crippen molar-refractivity contribution in [2.45, 2.75) is 38.2 Å². The first-order chi connectivity index (χ1) is 17.9. The Morgan fingerprint density at radius 2 is 1.62 bits per heavy atom. The zero-order chi connectivity index (χ0) is 25.6. The molecule has 1 N–H and O–H groups in total. The number of rotatable bonds is 5. The number of hydrogen-bond acceptors (Lipinski definition) is 6. The van der Waals surface area contributed by atoms with Crippen LogP contribution in [0.3, 0.4) is 0 Å². The average molecular weight is 490 g/mol. The maximum atomic E-state index is 10.2. The molecule has 6 heteroatoms. The van der Waals surface area contributed by atoms with Crippen LogP contribution >= 0.6 is 0 Å². The largest absolute Gasteiger partial charge is 0.386 e. The lowest BCUT2D eigenvalue weighted by molar-refractivity contribution is 0.0782. The average Bonchev–Trinajstić information content (AvgIpc) is 3.77. The van der Waals surface area contributed by atoms with E-state index in [0.29, 0.717) is 11.5 Å². The van der Waals surface area contributed by atoms with Crippen molar-refractivity contribution in [1.82, 2.24) is 9.97 Å². The Labute approximate surface area is 217 Å². The lowest BCUT2D eigenvalue weighted by Crippen LogP contribution is -2.47. The van der Waals surface area contributed by atoms with Gasteiger partial charge < -0.3 is 14.9 Å². The maximum absolute atomic E-state index is 10.2. The number of fused-ring (bicyclic) bond motifs is 1. The van der Waals surface area contributed by atoms with Crippen LogP contribution in [0.25, 0.3) is 22.0 Å². The molecule has 6 rings (SSSR count). The monoisotopic (exact) mass is 489 g/mol. The molecule has 2 aromatic heterocycles. The van der Waals surface area contributed by atoms with E-state index >= 15 is 0 Å². The van der Waals surface area contributed by atoms with Gasteiger partial charge in [0, 0.05) is 48.9 Å². The first kappa shape index (κ1) is 23.4. The zero-order valence-electron chi connectivity index (χ0n) is 21.4. The summed E-state index contributed by atoms with van der Waals surface area (Å²) in [6.45, 7) is 7.18. The van der Waals surface area contributed by atoms with Crippen LogP contribution in [0, 0.1) is 11.3 Å². The summed E-state index contributed by atoms with van der Waals surface area (Å²) in [7, 11) is 0. The van der Waals surface area contributed by atoms with Crippen molar-refractivity contribution in [2.24, 2.45) is 0 Å². The van der Waals surface area contributed by atoms with Gasteiger partial charge in [0.2, 0.25) is 0 Å². The van der Waals surface area contributed by atoms with Crippen molar-refractivity contribution in [1.29, 1.82) is 5.26 Å². The van der Waals surface area contributed by atoms with Crippen LogP contribution in [0.4, 0.5) is 11.5 Å². The van der Waals surface area contributed by atoms with Crippen LogP contribution in [-0.2, 0) is 5.60 Å². The number of benzene rings is 2. The molecule has 0 spiro atoms. The third-order valence-electron chi connectivity index (χ3n) is 7.63. The van der Waals surface area contributed by atoms with Crippen LogP contribution in [0.15, 0.2) is 67.0 Å². The fourth-order valence-corrected chi connectivity index (χ4v) is 5.35. The summed E-state index contributed by atoms with van der Waals surface area (Å²) in [6.07, 6.45) is 6.32. The Morgan fingerprint density at radius 1 is 0.892 bits per heavy atom. The van der Waals surface area contributed by atoms with Gasteiger partial charge in [0.15, 0.2) is 0 Å². The number of para-hydroxylation sites is 1. The standard InChI is InChI=1S/C31H31N5O/c1-31(2,37)24-12-13-28(33-19-24)36-16-14-35(15-17-36)27-20-34-30-25(22-8-6-21(18-32)7-9-22)4-3-5-26(30)29(27)23-10-11-23/h3-9,12-13,19-20,23,37H,10-11,14-17H2,1-2H3. The fraction of sp³-hybridized carbons (Fsp3) is 0.323. The molecule has 0 radical (unpaired) electrons. The van der Waals surface area contributed by atoms with Gasteiger partial charge in [-0.1, -0.05) is 36.4 Å². The number of piperazine rings is 1. The van der Waals surface area contributed by atoms with Crippen molar-refractivity contribution in [3.05, 3.63) is 83.7 Å². The van der Waals surface area contributed by atoms with Crippen LogP contribution in [0.5, 0.6) is 0 Å². The van der Waals surface area contributed by atoms with Gasteiger partial charge in [0.1, 0.15) is 5.82 Å². The molecule has 3 heterocycles. The van der Waals surface area contributed by atoms with Crippen molar-refractivity contribution in [3.63, 3.8) is 0 Å². The summed E-state index contributed by atoms with van der Waals surface area (Å²) < 4.78 is 0. The van der Waals surface area contributed by atoms with E-state index in [0.717, 1.165) is 54.2 Å². The van der Waals surface area contributed by atoms with Gasteiger partial charge in [0.05, 0.1) is 34.6 Å². The van der Waals surface area contributed by atoms with E-state index in [4.69, 9.17) is 10.2 Å². The molecule has 6 nitrogen and oxygen atoms in total. The Balaban J connectivity index is 1.28. The molecule has 2 fully saturated rings. The molecule has 0 unspecified atom stereocenters. The van der Waals surface area contributed by atoms with Crippen LogP contribution in [0.1, 0.15) is 49.3 Å². The molecular weight excluding hydrogens is 458 g/mol. The third kappa shape index (κ3) is 4.52. The molecule has 0 atom stereocenters. The summed E-state index contributed by atoms with van der Waals surface area (Å²) in [5.74, 6) is 1.55. The predicted molar refractivity (Wildman–Crippen MR) is 148 cm³/mol. The summed E-state index contributed by atoms with van der Waals surface area (Å²) >= 11 is 0. The summed E-state index contributed by atoms with van der Waals surface area (Å²) in [6, 6.07) is 20.4.